The summed E-state index contributed by atoms with van der Waals surface area (Å²) in [5, 5.41) is 3.08. The summed E-state index contributed by atoms with van der Waals surface area (Å²) < 4.78 is 5.31. The summed E-state index contributed by atoms with van der Waals surface area (Å²) in [4.78, 5) is 14.6. The molecule has 1 aliphatic rings. The Morgan fingerprint density at radius 2 is 2.08 bits per heavy atom. The zero-order valence-corrected chi connectivity index (χ0v) is 15.0. The maximum absolute atomic E-state index is 12.6. The minimum atomic E-state index is 0.0259. The standard InChI is InChI=1S/C21H26N2O2/c1-16-6-3-7-17(14-16)11-12-22-21(24)23-13-5-10-20(23)18-8-4-9-19(15-18)25-2/h3-4,6-9,14-15,20H,5,10-13H2,1-2H3,(H,22,24). The van der Waals surface area contributed by atoms with Crippen molar-refractivity contribution in [1.29, 1.82) is 0 Å². The molecule has 1 N–H and O–H groups in total. The summed E-state index contributed by atoms with van der Waals surface area (Å²) in [6, 6.07) is 16.6. The molecule has 0 saturated carbocycles. The molecular weight excluding hydrogens is 312 g/mol. The number of carbonyl (C=O) groups excluding carboxylic acids is 1. The molecule has 0 aliphatic carbocycles. The first-order chi connectivity index (χ1) is 12.2. The van der Waals surface area contributed by atoms with Gasteiger partial charge in [0, 0.05) is 13.1 Å². The summed E-state index contributed by atoms with van der Waals surface area (Å²) in [6.07, 6.45) is 2.89. The molecule has 25 heavy (non-hydrogen) atoms. The Bertz CT molecular complexity index is 729. The third kappa shape index (κ3) is 4.32. The van der Waals surface area contributed by atoms with Crippen molar-refractivity contribution in [2.24, 2.45) is 0 Å². The van der Waals surface area contributed by atoms with Crippen molar-refractivity contribution in [3.63, 3.8) is 0 Å². The molecule has 1 atom stereocenters. The molecule has 4 nitrogen and oxygen atoms in total. The van der Waals surface area contributed by atoms with Crippen molar-refractivity contribution in [1.82, 2.24) is 10.2 Å². The first-order valence-corrected chi connectivity index (χ1v) is 8.91. The molecule has 0 radical (unpaired) electrons. The highest BCUT2D eigenvalue weighted by molar-refractivity contribution is 5.75. The van der Waals surface area contributed by atoms with Crippen LogP contribution in [-0.2, 0) is 6.42 Å². The van der Waals surface area contributed by atoms with Gasteiger partial charge >= 0.3 is 6.03 Å². The normalized spacial score (nSPS) is 16.7. The van der Waals surface area contributed by atoms with Gasteiger partial charge in [-0.15, -0.1) is 0 Å². The largest absolute Gasteiger partial charge is 0.497 e. The van der Waals surface area contributed by atoms with E-state index in [1.165, 1.54) is 11.1 Å². The molecule has 1 fully saturated rings. The number of carbonyl (C=O) groups is 1. The number of likely N-dealkylation sites (tertiary alicyclic amines) is 1. The van der Waals surface area contributed by atoms with Crippen LogP contribution in [0.1, 0.15) is 35.6 Å². The van der Waals surface area contributed by atoms with Crippen molar-refractivity contribution < 1.29 is 9.53 Å². The SMILES string of the molecule is COc1cccc(C2CCCN2C(=O)NCCc2cccc(C)c2)c1. The van der Waals surface area contributed by atoms with Crippen LogP contribution in [0.2, 0.25) is 0 Å². The van der Waals surface area contributed by atoms with Crippen molar-refractivity contribution in [3.05, 3.63) is 65.2 Å². The highest BCUT2D eigenvalue weighted by Crippen LogP contribution is 2.33. The number of nitrogens with zero attached hydrogens (tertiary/aromatic N) is 1. The van der Waals surface area contributed by atoms with Gasteiger partial charge in [0.15, 0.2) is 0 Å². The van der Waals surface area contributed by atoms with Crippen molar-refractivity contribution in [2.75, 3.05) is 20.2 Å². The fraction of sp³-hybridized carbons (Fsp3) is 0.381. The second-order valence-corrected chi connectivity index (χ2v) is 6.60. The molecule has 0 bridgehead atoms. The number of methoxy groups -OCH3 is 1. The number of benzene rings is 2. The van der Waals surface area contributed by atoms with Crippen LogP contribution in [0, 0.1) is 6.92 Å². The molecule has 1 saturated heterocycles. The maximum Gasteiger partial charge on any atom is 0.317 e. The summed E-state index contributed by atoms with van der Waals surface area (Å²) in [7, 11) is 1.67. The Morgan fingerprint density at radius 3 is 2.88 bits per heavy atom. The van der Waals surface area contributed by atoms with Gasteiger partial charge < -0.3 is 15.0 Å². The predicted octanol–water partition coefficient (Wildman–Crippen LogP) is 4.09. The van der Waals surface area contributed by atoms with Crippen molar-refractivity contribution in [3.8, 4) is 5.75 Å². The summed E-state index contributed by atoms with van der Waals surface area (Å²) >= 11 is 0. The number of hydrogen-bond acceptors (Lipinski definition) is 2. The number of ether oxygens (including phenoxy) is 1. The molecule has 2 aromatic carbocycles. The van der Waals surface area contributed by atoms with E-state index in [2.05, 4.69) is 42.6 Å². The van der Waals surface area contributed by atoms with E-state index in [1.807, 2.05) is 23.1 Å². The van der Waals surface area contributed by atoms with E-state index in [0.29, 0.717) is 6.54 Å². The monoisotopic (exact) mass is 338 g/mol. The van der Waals surface area contributed by atoms with Crippen LogP contribution in [0.15, 0.2) is 48.5 Å². The lowest BCUT2D eigenvalue weighted by Crippen LogP contribution is -2.40. The molecule has 132 valence electrons. The third-order valence-electron chi connectivity index (χ3n) is 4.76. The number of nitrogens with one attached hydrogen (secondary N) is 1. The van der Waals surface area contributed by atoms with Crippen LogP contribution in [-0.4, -0.2) is 31.1 Å². The Hall–Kier alpha value is -2.49. The lowest BCUT2D eigenvalue weighted by molar-refractivity contribution is 0.193. The lowest BCUT2D eigenvalue weighted by Gasteiger charge is -2.25. The van der Waals surface area contributed by atoms with Crippen molar-refractivity contribution >= 4 is 6.03 Å². The lowest BCUT2D eigenvalue weighted by atomic mass is 10.0. The molecule has 4 heteroatoms. The Kier molecular flexibility index (Phi) is 5.59. The van der Waals surface area contributed by atoms with E-state index >= 15 is 0 Å². The zero-order valence-electron chi connectivity index (χ0n) is 15.0. The second-order valence-electron chi connectivity index (χ2n) is 6.60. The smallest absolute Gasteiger partial charge is 0.317 e. The molecule has 1 unspecified atom stereocenters. The van der Waals surface area contributed by atoms with Crippen LogP contribution in [0.25, 0.3) is 0 Å². The number of amides is 2. The first-order valence-electron chi connectivity index (χ1n) is 8.91. The van der Waals surface area contributed by atoms with E-state index in [0.717, 1.165) is 37.1 Å². The highest BCUT2D eigenvalue weighted by atomic mass is 16.5. The average Bonchev–Trinajstić information content (AvgIpc) is 3.12. The molecule has 3 rings (SSSR count). The van der Waals surface area contributed by atoms with E-state index < -0.39 is 0 Å². The van der Waals surface area contributed by atoms with Crippen molar-refractivity contribution in [2.45, 2.75) is 32.2 Å². The van der Waals surface area contributed by atoms with Crippen LogP contribution in [0.3, 0.4) is 0 Å². The molecule has 1 aliphatic heterocycles. The molecule has 2 amide bonds. The third-order valence-corrected chi connectivity index (χ3v) is 4.76. The highest BCUT2D eigenvalue weighted by Gasteiger charge is 2.29. The second kappa shape index (κ2) is 8.06. The van der Waals surface area contributed by atoms with Gasteiger partial charge in [0.05, 0.1) is 13.2 Å². The summed E-state index contributed by atoms with van der Waals surface area (Å²) in [5.41, 5.74) is 3.65. The molecule has 2 aromatic rings. The number of aryl methyl sites for hydroxylation is 1. The van der Waals surface area contributed by atoms with Gasteiger partial charge in [-0.25, -0.2) is 4.79 Å². The van der Waals surface area contributed by atoms with E-state index in [9.17, 15) is 4.79 Å². The van der Waals surface area contributed by atoms with E-state index in [1.54, 1.807) is 7.11 Å². The number of hydrogen-bond donors (Lipinski definition) is 1. The minimum absolute atomic E-state index is 0.0259. The van der Waals surface area contributed by atoms with Crippen LogP contribution in [0.4, 0.5) is 4.79 Å². The van der Waals surface area contributed by atoms with E-state index in [-0.39, 0.29) is 12.1 Å². The van der Waals surface area contributed by atoms with E-state index in [4.69, 9.17) is 4.74 Å². The predicted molar refractivity (Wildman–Crippen MR) is 100.0 cm³/mol. The quantitative estimate of drug-likeness (QED) is 0.892. The molecule has 1 heterocycles. The van der Waals surface area contributed by atoms with Gasteiger partial charge in [0.2, 0.25) is 0 Å². The Labute approximate surface area is 149 Å². The van der Waals surface area contributed by atoms with Gasteiger partial charge in [-0.05, 0) is 49.4 Å². The molecule has 0 aromatic heterocycles. The summed E-state index contributed by atoms with van der Waals surface area (Å²) in [5.74, 6) is 0.837. The summed E-state index contributed by atoms with van der Waals surface area (Å²) in [6.45, 7) is 3.55. The minimum Gasteiger partial charge on any atom is -0.497 e. The van der Waals surface area contributed by atoms with Gasteiger partial charge in [-0.1, -0.05) is 42.0 Å². The van der Waals surface area contributed by atoms with Crippen LogP contribution < -0.4 is 10.1 Å². The maximum atomic E-state index is 12.6. The van der Waals surface area contributed by atoms with Gasteiger partial charge in [-0.3, -0.25) is 0 Å². The number of rotatable bonds is 5. The average molecular weight is 338 g/mol. The van der Waals surface area contributed by atoms with Crippen LogP contribution >= 0.6 is 0 Å². The Morgan fingerprint density at radius 1 is 1.24 bits per heavy atom. The van der Waals surface area contributed by atoms with Crippen LogP contribution in [0.5, 0.6) is 5.75 Å². The Balaban J connectivity index is 1.58. The number of urea groups is 1. The molecule has 0 spiro atoms. The van der Waals surface area contributed by atoms with Gasteiger partial charge in [0.25, 0.3) is 0 Å². The van der Waals surface area contributed by atoms with Gasteiger partial charge in [-0.2, -0.15) is 0 Å². The zero-order chi connectivity index (χ0) is 17.6. The van der Waals surface area contributed by atoms with Gasteiger partial charge in [0.1, 0.15) is 5.75 Å². The molecular formula is C21H26N2O2. The fourth-order valence-corrected chi connectivity index (χ4v) is 3.49. The fourth-order valence-electron chi connectivity index (χ4n) is 3.49. The topological polar surface area (TPSA) is 41.6 Å². The first kappa shape index (κ1) is 17.3.